The van der Waals surface area contributed by atoms with E-state index in [0.717, 1.165) is 68.3 Å². The van der Waals surface area contributed by atoms with Crippen molar-refractivity contribution in [2.24, 2.45) is 5.92 Å². The molecule has 0 radical (unpaired) electrons. The number of aryl methyl sites for hydroxylation is 1. The molecule has 6 heteroatoms. The largest absolute Gasteiger partial charge is 0.350 e. The Morgan fingerprint density at radius 3 is 2.82 bits per heavy atom. The molecule has 28 heavy (non-hydrogen) atoms. The Morgan fingerprint density at radius 1 is 1.21 bits per heavy atom. The van der Waals surface area contributed by atoms with Crippen LogP contribution in [0.4, 0.5) is 5.82 Å². The van der Waals surface area contributed by atoms with E-state index in [9.17, 15) is 4.79 Å². The zero-order chi connectivity index (χ0) is 19.7. The molecule has 4 rings (SSSR count). The number of likely N-dealkylation sites (tertiary alicyclic amines) is 1. The van der Waals surface area contributed by atoms with E-state index in [1.54, 1.807) is 0 Å². The average molecular weight is 380 g/mol. The minimum absolute atomic E-state index is 0.0000207. The Balaban J connectivity index is 1.67. The predicted octanol–water partition coefficient (Wildman–Crippen LogP) is 3.45. The monoisotopic (exact) mass is 379 g/mol. The van der Waals surface area contributed by atoms with E-state index in [-0.39, 0.29) is 17.9 Å². The average Bonchev–Trinajstić information content (AvgIpc) is 3.18. The minimum atomic E-state index is -0.00229. The number of pyridine rings is 1. The minimum Gasteiger partial charge on any atom is -0.350 e. The van der Waals surface area contributed by atoms with Crippen LogP contribution in [0.25, 0.3) is 0 Å². The first-order chi connectivity index (χ1) is 13.5. The van der Waals surface area contributed by atoms with Crippen molar-refractivity contribution in [1.29, 1.82) is 0 Å². The van der Waals surface area contributed by atoms with Gasteiger partial charge in [0.15, 0.2) is 5.82 Å². The fraction of sp³-hybridized carbons (Fsp3) is 0.545. The lowest BCUT2D eigenvalue weighted by Crippen LogP contribution is -2.36. The van der Waals surface area contributed by atoms with Gasteiger partial charge in [0, 0.05) is 36.5 Å². The van der Waals surface area contributed by atoms with Gasteiger partial charge >= 0.3 is 0 Å². The zero-order valence-corrected chi connectivity index (χ0v) is 17.1. The van der Waals surface area contributed by atoms with Gasteiger partial charge in [0.05, 0.1) is 18.3 Å². The maximum atomic E-state index is 12.7. The molecule has 0 aromatic carbocycles. The van der Waals surface area contributed by atoms with Crippen molar-refractivity contribution in [2.45, 2.75) is 59.0 Å². The number of hydrogen-bond acceptors (Lipinski definition) is 5. The van der Waals surface area contributed by atoms with E-state index < -0.39 is 0 Å². The van der Waals surface area contributed by atoms with Crippen LogP contribution in [-0.2, 0) is 17.8 Å². The molecule has 0 aliphatic carbocycles. The highest BCUT2D eigenvalue weighted by Gasteiger charge is 2.34. The maximum absolute atomic E-state index is 12.7. The van der Waals surface area contributed by atoms with Gasteiger partial charge in [-0.2, -0.15) is 0 Å². The second-order valence-electron chi connectivity index (χ2n) is 8.16. The van der Waals surface area contributed by atoms with E-state index in [1.165, 1.54) is 5.56 Å². The second kappa shape index (κ2) is 7.86. The highest BCUT2D eigenvalue weighted by Crippen LogP contribution is 2.35. The summed E-state index contributed by atoms with van der Waals surface area (Å²) in [6.07, 6.45) is 5.91. The van der Waals surface area contributed by atoms with Gasteiger partial charge in [0.1, 0.15) is 5.82 Å². The first-order valence-electron chi connectivity index (χ1n) is 10.4. The maximum Gasteiger partial charge on any atom is 0.225 e. The molecule has 0 N–H and O–H groups in total. The Hall–Kier alpha value is -2.50. The molecule has 0 bridgehead atoms. The van der Waals surface area contributed by atoms with Crippen LogP contribution in [0, 0.1) is 12.8 Å². The van der Waals surface area contributed by atoms with Gasteiger partial charge in [0.25, 0.3) is 0 Å². The molecule has 148 valence electrons. The van der Waals surface area contributed by atoms with Crippen LogP contribution >= 0.6 is 0 Å². The third-order valence-electron chi connectivity index (χ3n) is 5.77. The molecule has 0 spiro atoms. The van der Waals surface area contributed by atoms with Crippen LogP contribution in [0.15, 0.2) is 24.4 Å². The first kappa shape index (κ1) is 18.8. The van der Waals surface area contributed by atoms with Gasteiger partial charge < -0.3 is 9.80 Å². The van der Waals surface area contributed by atoms with Gasteiger partial charge in [-0.3, -0.25) is 9.78 Å². The lowest BCUT2D eigenvalue weighted by Gasteiger charge is -2.32. The number of nitrogens with zero attached hydrogens (tertiary/aromatic N) is 5. The lowest BCUT2D eigenvalue weighted by molar-refractivity contribution is -0.135. The molecule has 0 saturated carbocycles. The van der Waals surface area contributed by atoms with Gasteiger partial charge in [-0.15, -0.1) is 0 Å². The van der Waals surface area contributed by atoms with Gasteiger partial charge in [-0.05, 0) is 44.7 Å². The zero-order valence-electron chi connectivity index (χ0n) is 17.1. The highest BCUT2D eigenvalue weighted by molar-refractivity contribution is 5.78. The van der Waals surface area contributed by atoms with Crippen LogP contribution in [-0.4, -0.2) is 38.8 Å². The summed E-state index contributed by atoms with van der Waals surface area (Å²) in [4.78, 5) is 31.3. The van der Waals surface area contributed by atoms with E-state index in [1.807, 2.05) is 37.1 Å². The van der Waals surface area contributed by atoms with Gasteiger partial charge in [-0.25, -0.2) is 9.97 Å². The van der Waals surface area contributed by atoms with Gasteiger partial charge in [-0.1, -0.05) is 19.9 Å². The Kier molecular flexibility index (Phi) is 5.29. The number of aromatic nitrogens is 3. The van der Waals surface area contributed by atoms with Crippen molar-refractivity contribution in [3.8, 4) is 0 Å². The van der Waals surface area contributed by atoms with Crippen molar-refractivity contribution in [3.63, 3.8) is 0 Å². The SMILES string of the molecule is Cc1nc(C2CCCN2C(=O)C(C)C)nc2c1CCCN2Cc1ccccn1. The summed E-state index contributed by atoms with van der Waals surface area (Å²) in [5.74, 6) is 2.03. The number of carbonyl (C=O) groups excluding carboxylic acids is 1. The fourth-order valence-electron chi connectivity index (χ4n) is 4.33. The van der Waals surface area contributed by atoms with E-state index in [4.69, 9.17) is 9.97 Å². The molecule has 1 saturated heterocycles. The van der Waals surface area contributed by atoms with Crippen molar-refractivity contribution in [1.82, 2.24) is 19.9 Å². The highest BCUT2D eigenvalue weighted by atomic mass is 16.2. The molecule has 1 amide bonds. The third-order valence-corrected chi connectivity index (χ3v) is 5.77. The van der Waals surface area contributed by atoms with Crippen LogP contribution in [0.3, 0.4) is 0 Å². The topological polar surface area (TPSA) is 62.2 Å². The predicted molar refractivity (Wildman–Crippen MR) is 109 cm³/mol. The normalized spacial score (nSPS) is 19.2. The van der Waals surface area contributed by atoms with Crippen LogP contribution in [0.5, 0.6) is 0 Å². The van der Waals surface area contributed by atoms with E-state index >= 15 is 0 Å². The molecule has 2 aromatic rings. The standard InChI is InChI=1S/C22H29N5O/c1-15(2)22(28)27-13-7-10-19(27)20-24-16(3)18-9-6-12-26(21(18)25-20)14-17-8-4-5-11-23-17/h4-5,8,11,15,19H,6-7,9-10,12-14H2,1-3H3. The summed E-state index contributed by atoms with van der Waals surface area (Å²) in [5, 5.41) is 0. The Labute approximate surface area is 167 Å². The van der Waals surface area contributed by atoms with Crippen LogP contribution in [0.1, 0.15) is 61.9 Å². The number of carbonyl (C=O) groups is 1. The van der Waals surface area contributed by atoms with Crippen molar-refractivity contribution >= 4 is 11.7 Å². The third kappa shape index (κ3) is 3.60. The van der Waals surface area contributed by atoms with Crippen molar-refractivity contribution in [3.05, 3.63) is 47.2 Å². The summed E-state index contributed by atoms with van der Waals surface area (Å²) < 4.78 is 0. The molecule has 4 heterocycles. The summed E-state index contributed by atoms with van der Waals surface area (Å²) in [6.45, 7) is 8.54. The number of rotatable bonds is 4. The summed E-state index contributed by atoms with van der Waals surface area (Å²) in [7, 11) is 0. The van der Waals surface area contributed by atoms with E-state index in [2.05, 4.69) is 22.9 Å². The molecule has 2 aliphatic rings. The van der Waals surface area contributed by atoms with Gasteiger partial charge in [0.2, 0.25) is 5.91 Å². The summed E-state index contributed by atoms with van der Waals surface area (Å²) >= 11 is 0. The number of amides is 1. The summed E-state index contributed by atoms with van der Waals surface area (Å²) in [5.41, 5.74) is 3.34. The van der Waals surface area contributed by atoms with Crippen LogP contribution < -0.4 is 4.90 Å². The quantitative estimate of drug-likeness (QED) is 0.814. The Morgan fingerprint density at radius 2 is 2.07 bits per heavy atom. The Bertz CT molecular complexity index is 852. The molecule has 6 nitrogen and oxygen atoms in total. The molecule has 2 aliphatic heterocycles. The number of anilines is 1. The molecule has 1 unspecified atom stereocenters. The second-order valence-corrected chi connectivity index (χ2v) is 8.16. The molecular formula is C22H29N5O. The summed E-state index contributed by atoms with van der Waals surface area (Å²) in [6, 6.07) is 6.03. The molecule has 1 atom stereocenters. The van der Waals surface area contributed by atoms with Crippen LogP contribution in [0.2, 0.25) is 0 Å². The fourth-order valence-corrected chi connectivity index (χ4v) is 4.33. The number of fused-ring (bicyclic) bond motifs is 1. The van der Waals surface area contributed by atoms with Crippen molar-refractivity contribution in [2.75, 3.05) is 18.0 Å². The number of hydrogen-bond donors (Lipinski definition) is 0. The lowest BCUT2D eigenvalue weighted by atomic mass is 10.0. The smallest absolute Gasteiger partial charge is 0.225 e. The molecule has 1 fully saturated rings. The van der Waals surface area contributed by atoms with E-state index in [0.29, 0.717) is 0 Å². The molecular weight excluding hydrogens is 350 g/mol. The molecule has 2 aromatic heterocycles. The van der Waals surface area contributed by atoms with Crippen molar-refractivity contribution < 1.29 is 4.79 Å². The first-order valence-corrected chi connectivity index (χ1v) is 10.4.